The van der Waals surface area contributed by atoms with Gasteiger partial charge in [-0.2, -0.15) is 14.9 Å². The lowest BCUT2D eigenvalue weighted by molar-refractivity contribution is 0.475. The first-order chi connectivity index (χ1) is 9.61. The maximum absolute atomic E-state index is 9.37. The van der Waals surface area contributed by atoms with Crippen LogP contribution in [-0.2, 0) is 6.42 Å². The zero-order chi connectivity index (χ0) is 14.5. The Kier molecular flexibility index (Phi) is 4.92. The summed E-state index contributed by atoms with van der Waals surface area (Å²) in [6.45, 7) is 2.12. The number of phenolic OH excluding ortho intramolecular Hbond substituents is 1. The van der Waals surface area contributed by atoms with Gasteiger partial charge < -0.3 is 5.11 Å². The first kappa shape index (κ1) is 14.7. The van der Waals surface area contributed by atoms with Gasteiger partial charge in [0.1, 0.15) is 5.75 Å². The second-order valence-corrected chi connectivity index (χ2v) is 5.11. The zero-order valence-electron chi connectivity index (χ0n) is 11.0. The zero-order valence-corrected chi connectivity index (χ0v) is 12.6. The molecule has 0 spiro atoms. The number of phenols is 1. The molecule has 0 amide bonds. The number of halogens is 1. The van der Waals surface area contributed by atoms with Crippen molar-refractivity contribution in [3.8, 4) is 5.75 Å². The molecule has 0 atom stereocenters. The monoisotopic (exact) mass is 310 g/mol. The standard InChI is InChI=1S/C13H15ClN4OS/c1-2-3-4-12-16-17-13(20)18(12)15-8-9-5-6-11(19)10(14)7-9/h5-8,19H,2-4H2,1H3,(H,17,20)/b15-8-. The maximum atomic E-state index is 9.37. The van der Waals surface area contributed by atoms with Gasteiger partial charge in [0.25, 0.3) is 0 Å². The van der Waals surface area contributed by atoms with Gasteiger partial charge in [0.2, 0.25) is 4.77 Å². The van der Waals surface area contributed by atoms with Gasteiger partial charge in [-0.3, -0.25) is 5.10 Å². The Hall–Kier alpha value is -1.66. The highest BCUT2D eigenvalue weighted by molar-refractivity contribution is 7.71. The van der Waals surface area contributed by atoms with E-state index in [2.05, 4.69) is 22.2 Å². The minimum Gasteiger partial charge on any atom is -0.506 e. The van der Waals surface area contributed by atoms with E-state index < -0.39 is 0 Å². The highest BCUT2D eigenvalue weighted by Crippen LogP contribution is 2.22. The number of unbranched alkanes of at least 4 members (excludes halogenated alkanes) is 1. The highest BCUT2D eigenvalue weighted by Gasteiger charge is 2.04. The molecular formula is C13H15ClN4OS. The average molecular weight is 311 g/mol. The van der Waals surface area contributed by atoms with E-state index in [1.807, 2.05) is 0 Å². The van der Waals surface area contributed by atoms with Crippen molar-refractivity contribution in [2.45, 2.75) is 26.2 Å². The Labute approximate surface area is 126 Å². The molecule has 0 aliphatic heterocycles. The molecule has 0 saturated carbocycles. The number of H-pyrrole nitrogens is 1. The first-order valence-electron chi connectivity index (χ1n) is 6.31. The molecule has 0 bridgehead atoms. The van der Waals surface area contributed by atoms with E-state index in [9.17, 15) is 5.11 Å². The summed E-state index contributed by atoms with van der Waals surface area (Å²) in [7, 11) is 0. The molecule has 106 valence electrons. The number of aryl methyl sites for hydroxylation is 1. The molecular weight excluding hydrogens is 296 g/mol. The van der Waals surface area contributed by atoms with E-state index in [0.29, 0.717) is 4.77 Å². The van der Waals surface area contributed by atoms with Gasteiger partial charge in [-0.15, -0.1) is 0 Å². The Morgan fingerprint density at radius 3 is 3.05 bits per heavy atom. The summed E-state index contributed by atoms with van der Waals surface area (Å²) < 4.78 is 2.06. The molecule has 1 aromatic heterocycles. The topological polar surface area (TPSA) is 66.2 Å². The molecule has 1 aromatic carbocycles. The van der Waals surface area contributed by atoms with Crippen LogP contribution in [0.4, 0.5) is 0 Å². The van der Waals surface area contributed by atoms with Crippen LogP contribution in [0.3, 0.4) is 0 Å². The van der Waals surface area contributed by atoms with Crippen molar-refractivity contribution >= 4 is 30.0 Å². The normalized spacial score (nSPS) is 11.3. The lowest BCUT2D eigenvalue weighted by atomic mass is 10.2. The number of rotatable bonds is 5. The molecule has 0 aliphatic rings. The van der Waals surface area contributed by atoms with Gasteiger partial charge in [-0.05, 0) is 42.4 Å². The van der Waals surface area contributed by atoms with Crippen LogP contribution < -0.4 is 0 Å². The summed E-state index contributed by atoms with van der Waals surface area (Å²) in [6, 6.07) is 4.88. The van der Waals surface area contributed by atoms with Gasteiger partial charge in [0.05, 0.1) is 11.2 Å². The summed E-state index contributed by atoms with van der Waals surface area (Å²) in [5.41, 5.74) is 0.775. The Morgan fingerprint density at radius 2 is 2.35 bits per heavy atom. The van der Waals surface area contributed by atoms with E-state index in [1.54, 1.807) is 23.0 Å². The van der Waals surface area contributed by atoms with Crippen molar-refractivity contribution in [1.29, 1.82) is 0 Å². The Balaban J connectivity index is 2.24. The summed E-state index contributed by atoms with van der Waals surface area (Å²) in [5.74, 6) is 0.852. The Morgan fingerprint density at radius 1 is 1.55 bits per heavy atom. The number of aromatic nitrogens is 3. The van der Waals surface area contributed by atoms with Crippen LogP contribution in [0.15, 0.2) is 23.3 Å². The minimum atomic E-state index is 0.0485. The predicted molar refractivity (Wildman–Crippen MR) is 82.1 cm³/mol. The van der Waals surface area contributed by atoms with Crippen LogP contribution in [0.1, 0.15) is 31.2 Å². The third kappa shape index (κ3) is 3.46. The lowest BCUT2D eigenvalue weighted by Gasteiger charge is -2.00. The summed E-state index contributed by atoms with van der Waals surface area (Å²) in [4.78, 5) is 0. The number of benzene rings is 1. The van der Waals surface area contributed by atoms with E-state index in [4.69, 9.17) is 23.8 Å². The number of hydrogen-bond donors (Lipinski definition) is 2. The molecule has 5 nitrogen and oxygen atoms in total. The summed E-state index contributed by atoms with van der Waals surface area (Å²) in [5, 5.41) is 20.9. The van der Waals surface area contributed by atoms with E-state index in [1.165, 1.54) is 6.07 Å². The highest BCUT2D eigenvalue weighted by atomic mass is 35.5. The second-order valence-electron chi connectivity index (χ2n) is 4.32. The van der Waals surface area contributed by atoms with Crippen molar-refractivity contribution < 1.29 is 5.11 Å². The predicted octanol–water partition coefficient (Wildman–Crippen LogP) is 3.52. The number of aromatic amines is 1. The third-order valence-corrected chi connectivity index (χ3v) is 3.33. The number of hydrogen-bond acceptors (Lipinski definition) is 4. The van der Waals surface area contributed by atoms with Crippen LogP contribution >= 0.6 is 23.8 Å². The third-order valence-electron chi connectivity index (χ3n) is 2.77. The number of aromatic hydroxyl groups is 1. The smallest absolute Gasteiger partial charge is 0.216 e. The molecule has 2 aromatic rings. The number of nitrogens with one attached hydrogen (secondary N) is 1. The lowest BCUT2D eigenvalue weighted by Crippen LogP contribution is -1.99. The summed E-state index contributed by atoms with van der Waals surface area (Å²) in [6.07, 6.45) is 4.56. The SMILES string of the molecule is CCCCc1n[nH]c(=S)n1/N=C\c1ccc(O)c(Cl)c1. The summed E-state index contributed by atoms with van der Waals surface area (Å²) >= 11 is 11.0. The van der Waals surface area contributed by atoms with Gasteiger partial charge in [0, 0.05) is 6.42 Å². The molecule has 0 fully saturated rings. The molecule has 0 radical (unpaired) electrons. The average Bonchev–Trinajstić information content (AvgIpc) is 2.78. The van der Waals surface area contributed by atoms with Crippen molar-refractivity contribution in [2.75, 3.05) is 0 Å². The largest absolute Gasteiger partial charge is 0.506 e. The van der Waals surface area contributed by atoms with Gasteiger partial charge in [0.15, 0.2) is 5.82 Å². The van der Waals surface area contributed by atoms with E-state index >= 15 is 0 Å². The van der Waals surface area contributed by atoms with Gasteiger partial charge >= 0.3 is 0 Å². The van der Waals surface area contributed by atoms with Crippen LogP contribution in [0.5, 0.6) is 5.75 Å². The van der Waals surface area contributed by atoms with Crippen LogP contribution in [0, 0.1) is 4.77 Å². The second kappa shape index (κ2) is 6.67. The molecule has 0 unspecified atom stereocenters. The van der Waals surface area contributed by atoms with Crippen molar-refractivity contribution in [3.63, 3.8) is 0 Å². The quantitative estimate of drug-likeness (QED) is 0.656. The fraction of sp³-hybridized carbons (Fsp3) is 0.308. The van der Waals surface area contributed by atoms with Crippen molar-refractivity contribution in [2.24, 2.45) is 5.10 Å². The van der Waals surface area contributed by atoms with Gasteiger partial charge in [-0.1, -0.05) is 24.9 Å². The molecule has 0 saturated heterocycles. The maximum Gasteiger partial charge on any atom is 0.216 e. The minimum absolute atomic E-state index is 0.0485. The molecule has 7 heteroatoms. The van der Waals surface area contributed by atoms with Crippen LogP contribution in [-0.4, -0.2) is 26.2 Å². The molecule has 0 aliphatic carbocycles. The first-order valence-corrected chi connectivity index (χ1v) is 7.09. The van der Waals surface area contributed by atoms with Crippen LogP contribution in [0.25, 0.3) is 0 Å². The van der Waals surface area contributed by atoms with Crippen molar-refractivity contribution in [1.82, 2.24) is 14.9 Å². The molecule has 20 heavy (non-hydrogen) atoms. The van der Waals surface area contributed by atoms with Gasteiger partial charge in [-0.25, -0.2) is 0 Å². The fourth-order valence-electron chi connectivity index (χ4n) is 1.67. The number of nitrogens with zero attached hydrogens (tertiary/aromatic N) is 3. The molecule has 2 N–H and O–H groups in total. The molecule has 2 rings (SSSR count). The van der Waals surface area contributed by atoms with E-state index in [-0.39, 0.29) is 10.8 Å². The Bertz CT molecular complexity index is 677. The fourth-order valence-corrected chi connectivity index (χ4v) is 2.06. The van der Waals surface area contributed by atoms with E-state index in [0.717, 1.165) is 30.7 Å². The molecule has 1 heterocycles. The van der Waals surface area contributed by atoms with Crippen molar-refractivity contribution in [3.05, 3.63) is 39.4 Å². The van der Waals surface area contributed by atoms with Crippen LogP contribution in [0.2, 0.25) is 5.02 Å².